The maximum atomic E-state index is 5.61. The van der Waals surface area contributed by atoms with Crippen LogP contribution in [0.4, 0.5) is 34.1 Å². The van der Waals surface area contributed by atoms with Crippen LogP contribution in [0.25, 0.3) is 43.8 Å². The number of fused-ring (bicyclic) bond motifs is 2. The minimum atomic E-state index is 0.823. The fourth-order valence-corrected chi connectivity index (χ4v) is 7.88. The quantitative estimate of drug-likeness (QED) is 0.131. The highest BCUT2D eigenvalue weighted by Crippen LogP contribution is 2.50. The van der Waals surface area contributed by atoms with Gasteiger partial charge in [0.05, 0.1) is 19.9 Å². The molecule has 4 nitrogen and oxygen atoms in total. The van der Waals surface area contributed by atoms with Gasteiger partial charge in [-0.1, -0.05) is 115 Å². The van der Waals surface area contributed by atoms with Gasteiger partial charge in [-0.2, -0.15) is 0 Å². The molecule has 56 heavy (non-hydrogen) atoms. The Bertz CT molecular complexity index is 2690. The lowest BCUT2D eigenvalue weighted by Gasteiger charge is -2.30. The number of benzene rings is 9. The van der Waals surface area contributed by atoms with Gasteiger partial charge in [0.15, 0.2) is 0 Å². The Morgan fingerprint density at radius 2 is 0.679 bits per heavy atom. The average Bonchev–Trinajstić information content (AvgIpc) is 3.27. The number of hydrogen-bond donors (Lipinski definition) is 0. The van der Waals surface area contributed by atoms with Crippen LogP contribution in [-0.2, 0) is 0 Å². The monoisotopic (exact) mass is 724 g/mol. The first kappa shape index (κ1) is 34.5. The molecule has 0 bridgehead atoms. The van der Waals surface area contributed by atoms with Crippen molar-refractivity contribution in [1.29, 1.82) is 0 Å². The molecule has 0 spiro atoms. The van der Waals surface area contributed by atoms with Gasteiger partial charge in [0.2, 0.25) is 0 Å². The summed E-state index contributed by atoms with van der Waals surface area (Å²) in [5.41, 5.74) is 11.1. The third-order valence-electron chi connectivity index (χ3n) is 10.4. The van der Waals surface area contributed by atoms with Crippen LogP contribution < -0.4 is 19.3 Å². The second-order valence-corrected chi connectivity index (χ2v) is 13.6. The Hall–Kier alpha value is -7.30. The molecule has 0 saturated carbocycles. The predicted molar refractivity (Wildman–Crippen MR) is 235 cm³/mol. The van der Waals surface area contributed by atoms with E-state index in [1.54, 1.807) is 14.2 Å². The van der Waals surface area contributed by atoms with Gasteiger partial charge in [0.1, 0.15) is 11.5 Å². The fraction of sp³-hybridized carbons (Fsp3) is 0.0385. The molecule has 0 N–H and O–H groups in total. The summed E-state index contributed by atoms with van der Waals surface area (Å²) in [5.74, 6) is 1.65. The molecule has 0 saturated heterocycles. The molecule has 0 radical (unpaired) electrons. The Balaban J connectivity index is 1.32. The van der Waals surface area contributed by atoms with Crippen LogP contribution in [0.3, 0.4) is 0 Å². The number of para-hydroxylation sites is 3. The SMILES string of the molecule is COc1ccc(-c2c3ccccc3c(-c3ccc(OC)cc3)c3c(N(c4ccccc4)c4ccc(N(c5ccccc5)c5ccccc5)cc4)cccc23)cc1. The second-order valence-electron chi connectivity index (χ2n) is 13.6. The maximum absolute atomic E-state index is 5.61. The van der Waals surface area contributed by atoms with Crippen LogP contribution in [-0.4, -0.2) is 14.2 Å². The Kier molecular flexibility index (Phi) is 9.36. The molecule has 4 heteroatoms. The minimum absolute atomic E-state index is 0.823. The molecule has 9 aromatic rings. The van der Waals surface area contributed by atoms with Gasteiger partial charge in [-0.05, 0) is 129 Å². The van der Waals surface area contributed by atoms with E-state index in [9.17, 15) is 0 Å². The van der Waals surface area contributed by atoms with E-state index in [1.165, 1.54) is 21.9 Å². The zero-order chi connectivity index (χ0) is 37.8. The summed E-state index contributed by atoms with van der Waals surface area (Å²) in [6, 6.07) is 73.0. The topological polar surface area (TPSA) is 24.9 Å². The third-order valence-corrected chi connectivity index (χ3v) is 10.4. The van der Waals surface area contributed by atoms with Gasteiger partial charge >= 0.3 is 0 Å². The van der Waals surface area contributed by atoms with Crippen LogP contribution in [0.15, 0.2) is 206 Å². The van der Waals surface area contributed by atoms with Crippen molar-refractivity contribution in [3.05, 3.63) is 206 Å². The summed E-state index contributed by atoms with van der Waals surface area (Å²) >= 11 is 0. The normalized spacial score (nSPS) is 11.0. The van der Waals surface area contributed by atoms with Crippen molar-refractivity contribution in [3.8, 4) is 33.8 Å². The number of methoxy groups -OCH3 is 2. The van der Waals surface area contributed by atoms with Crippen molar-refractivity contribution >= 4 is 55.7 Å². The molecule has 270 valence electrons. The van der Waals surface area contributed by atoms with E-state index in [4.69, 9.17) is 9.47 Å². The smallest absolute Gasteiger partial charge is 0.118 e. The lowest BCUT2D eigenvalue weighted by molar-refractivity contribution is 0.415. The molecule has 0 aliphatic rings. The van der Waals surface area contributed by atoms with Crippen LogP contribution >= 0.6 is 0 Å². The zero-order valence-corrected chi connectivity index (χ0v) is 31.3. The number of hydrogen-bond acceptors (Lipinski definition) is 4. The lowest BCUT2D eigenvalue weighted by Crippen LogP contribution is -2.12. The molecule has 0 aromatic heterocycles. The lowest BCUT2D eigenvalue weighted by atomic mass is 9.85. The Labute approximate surface area is 328 Å². The van der Waals surface area contributed by atoms with Crippen LogP contribution in [0, 0.1) is 0 Å². The Morgan fingerprint density at radius 1 is 0.304 bits per heavy atom. The van der Waals surface area contributed by atoms with Crippen molar-refractivity contribution in [1.82, 2.24) is 0 Å². The van der Waals surface area contributed by atoms with Gasteiger partial charge in [0, 0.05) is 33.8 Å². The molecule has 0 aliphatic heterocycles. The number of rotatable bonds is 10. The van der Waals surface area contributed by atoms with Gasteiger partial charge in [-0.3, -0.25) is 0 Å². The van der Waals surface area contributed by atoms with Crippen molar-refractivity contribution in [2.75, 3.05) is 24.0 Å². The number of anilines is 6. The van der Waals surface area contributed by atoms with Gasteiger partial charge < -0.3 is 19.3 Å². The van der Waals surface area contributed by atoms with E-state index >= 15 is 0 Å². The summed E-state index contributed by atoms with van der Waals surface area (Å²) in [4.78, 5) is 4.69. The molecule has 0 amide bonds. The van der Waals surface area contributed by atoms with Gasteiger partial charge in [0.25, 0.3) is 0 Å². The molecular formula is C52H40N2O2. The van der Waals surface area contributed by atoms with Crippen LogP contribution in [0.5, 0.6) is 11.5 Å². The van der Waals surface area contributed by atoms with E-state index in [1.807, 2.05) is 12.1 Å². The van der Waals surface area contributed by atoms with Crippen molar-refractivity contribution < 1.29 is 9.47 Å². The second kappa shape index (κ2) is 15.2. The minimum Gasteiger partial charge on any atom is -0.497 e. The number of nitrogens with zero attached hydrogens (tertiary/aromatic N) is 2. The first-order valence-electron chi connectivity index (χ1n) is 18.8. The van der Waals surface area contributed by atoms with E-state index in [0.717, 1.165) is 67.5 Å². The molecule has 0 unspecified atom stereocenters. The van der Waals surface area contributed by atoms with E-state index < -0.39 is 0 Å². The van der Waals surface area contributed by atoms with E-state index in [2.05, 4.69) is 204 Å². The third kappa shape index (κ3) is 6.37. The zero-order valence-electron chi connectivity index (χ0n) is 31.3. The standard InChI is InChI=1S/C52H40N2O2/c1-55-44-33-25-37(26-34-44)50-46-21-12-13-22-47(46)51(38-27-35-45(56-2)36-28-38)52-48(50)23-14-24-49(52)54(41-19-10-5-11-20-41)43-31-29-42(30-32-43)53(39-15-6-3-7-16-39)40-17-8-4-9-18-40/h3-36H,1-2H3. The molecule has 0 atom stereocenters. The van der Waals surface area contributed by atoms with Gasteiger partial charge in [-0.25, -0.2) is 0 Å². The summed E-state index contributed by atoms with van der Waals surface area (Å²) < 4.78 is 11.2. The molecule has 9 aromatic carbocycles. The van der Waals surface area contributed by atoms with Crippen LogP contribution in [0.2, 0.25) is 0 Å². The van der Waals surface area contributed by atoms with Gasteiger partial charge in [-0.15, -0.1) is 0 Å². The summed E-state index contributed by atoms with van der Waals surface area (Å²) in [7, 11) is 3.42. The molecular weight excluding hydrogens is 685 g/mol. The fourth-order valence-electron chi connectivity index (χ4n) is 7.88. The van der Waals surface area contributed by atoms with E-state index in [-0.39, 0.29) is 0 Å². The maximum Gasteiger partial charge on any atom is 0.118 e. The summed E-state index contributed by atoms with van der Waals surface area (Å²) in [5, 5.41) is 4.68. The van der Waals surface area contributed by atoms with Crippen molar-refractivity contribution in [2.24, 2.45) is 0 Å². The summed E-state index contributed by atoms with van der Waals surface area (Å²) in [6.07, 6.45) is 0. The van der Waals surface area contributed by atoms with Crippen LogP contribution in [0.1, 0.15) is 0 Å². The molecule has 0 aliphatic carbocycles. The highest BCUT2D eigenvalue weighted by atomic mass is 16.5. The molecule has 0 heterocycles. The Morgan fingerprint density at radius 3 is 1.16 bits per heavy atom. The molecule has 0 fully saturated rings. The highest BCUT2D eigenvalue weighted by molar-refractivity contribution is 6.25. The first-order chi connectivity index (χ1) is 27.7. The van der Waals surface area contributed by atoms with Crippen molar-refractivity contribution in [3.63, 3.8) is 0 Å². The summed E-state index contributed by atoms with van der Waals surface area (Å²) in [6.45, 7) is 0. The van der Waals surface area contributed by atoms with E-state index in [0.29, 0.717) is 0 Å². The largest absolute Gasteiger partial charge is 0.497 e. The van der Waals surface area contributed by atoms with Crippen molar-refractivity contribution in [2.45, 2.75) is 0 Å². The first-order valence-corrected chi connectivity index (χ1v) is 18.8. The average molecular weight is 725 g/mol. The predicted octanol–water partition coefficient (Wildman–Crippen LogP) is 14.3. The molecule has 9 rings (SSSR count). The highest BCUT2D eigenvalue weighted by Gasteiger charge is 2.23. The number of ether oxygens (including phenoxy) is 2.